The number of piperidine rings is 1. The number of ether oxygens (including phenoxy) is 1. The van der Waals surface area contributed by atoms with Crippen molar-refractivity contribution in [2.24, 2.45) is 11.3 Å². The second-order valence-corrected chi connectivity index (χ2v) is 6.77. The first kappa shape index (κ1) is 13.7. The highest BCUT2D eigenvalue weighted by Gasteiger charge is 2.75. The molecule has 0 spiro atoms. The van der Waals surface area contributed by atoms with E-state index in [1.54, 1.807) is 7.11 Å². The molecule has 0 bridgehead atoms. The van der Waals surface area contributed by atoms with Gasteiger partial charge < -0.3 is 10.1 Å². The Kier molecular flexibility index (Phi) is 3.33. The summed E-state index contributed by atoms with van der Waals surface area (Å²) in [5.74, 6) is 0.665. The Balaban J connectivity index is 1.95. The summed E-state index contributed by atoms with van der Waals surface area (Å²) in [6.45, 7) is 5.29. The van der Waals surface area contributed by atoms with E-state index in [4.69, 9.17) is 27.9 Å². The van der Waals surface area contributed by atoms with Crippen LogP contribution in [-0.4, -0.2) is 26.8 Å². The van der Waals surface area contributed by atoms with Gasteiger partial charge in [0.2, 0.25) is 0 Å². The number of hydrogen-bond acceptors (Lipinski definition) is 2. The minimum atomic E-state index is 0.208. The highest BCUT2D eigenvalue weighted by molar-refractivity contribution is 6.42. The molecule has 0 radical (unpaired) electrons. The zero-order valence-electron chi connectivity index (χ0n) is 11.3. The van der Waals surface area contributed by atoms with E-state index in [9.17, 15) is 0 Å². The molecule has 1 aromatic rings. The molecule has 0 unspecified atom stereocenters. The van der Waals surface area contributed by atoms with Gasteiger partial charge in [0.15, 0.2) is 0 Å². The average molecular weight is 300 g/mol. The lowest BCUT2D eigenvalue weighted by Crippen LogP contribution is -2.24. The maximum Gasteiger partial charge on any atom is 0.0595 e. The molecule has 2 nitrogen and oxygen atoms in total. The van der Waals surface area contributed by atoms with E-state index in [-0.39, 0.29) is 5.41 Å². The lowest BCUT2D eigenvalue weighted by atomic mass is 9.89. The van der Waals surface area contributed by atoms with Gasteiger partial charge in [-0.1, -0.05) is 36.2 Å². The van der Waals surface area contributed by atoms with E-state index in [0.29, 0.717) is 21.4 Å². The Morgan fingerprint density at radius 2 is 2.11 bits per heavy atom. The van der Waals surface area contributed by atoms with Crippen molar-refractivity contribution in [1.82, 2.24) is 5.32 Å². The first-order valence-electron chi connectivity index (χ1n) is 6.71. The fraction of sp³-hybridized carbons (Fsp3) is 0.600. The summed E-state index contributed by atoms with van der Waals surface area (Å²) in [6, 6.07) is 6.09. The largest absolute Gasteiger partial charge is 0.385 e. The summed E-state index contributed by atoms with van der Waals surface area (Å²) < 4.78 is 5.26. The van der Waals surface area contributed by atoms with Crippen LogP contribution in [0.4, 0.5) is 0 Å². The summed E-state index contributed by atoms with van der Waals surface area (Å²) in [4.78, 5) is 0. The zero-order valence-corrected chi connectivity index (χ0v) is 12.8. The first-order valence-corrected chi connectivity index (χ1v) is 7.47. The van der Waals surface area contributed by atoms with Gasteiger partial charge in [0.05, 0.1) is 10.0 Å². The Morgan fingerprint density at radius 1 is 1.32 bits per heavy atom. The lowest BCUT2D eigenvalue weighted by Gasteiger charge is -2.17. The van der Waals surface area contributed by atoms with E-state index in [1.165, 1.54) is 5.56 Å². The second kappa shape index (κ2) is 4.63. The van der Waals surface area contributed by atoms with Crippen molar-refractivity contribution in [2.45, 2.75) is 18.8 Å². The number of methoxy groups -OCH3 is 1. The molecule has 1 saturated heterocycles. The molecule has 1 saturated carbocycles. The van der Waals surface area contributed by atoms with Crippen LogP contribution in [0, 0.1) is 11.3 Å². The molecule has 4 heteroatoms. The first-order chi connectivity index (χ1) is 9.06. The number of rotatable bonds is 4. The molecule has 104 valence electrons. The number of hydrogen-bond donors (Lipinski definition) is 1. The highest BCUT2D eigenvalue weighted by Crippen LogP contribution is 2.72. The quantitative estimate of drug-likeness (QED) is 0.919. The maximum absolute atomic E-state index is 6.19. The Morgan fingerprint density at radius 3 is 2.79 bits per heavy atom. The van der Waals surface area contributed by atoms with Gasteiger partial charge in [-0.2, -0.15) is 0 Å². The monoisotopic (exact) mass is 299 g/mol. The Labute approximate surface area is 124 Å². The van der Waals surface area contributed by atoms with Gasteiger partial charge in [-0.15, -0.1) is 0 Å². The van der Waals surface area contributed by atoms with Crippen LogP contribution in [0.3, 0.4) is 0 Å². The van der Waals surface area contributed by atoms with Gasteiger partial charge in [-0.05, 0) is 35.4 Å². The van der Waals surface area contributed by atoms with E-state index in [1.807, 2.05) is 12.1 Å². The fourth-order valence-corrected chi connectivity index (χ4v) is 4.49. The summed E-state index contributed by atoms with van der Waals surface area (Å²) >= 11 is 12.2. The SMILES string of the molecule is COCC[C@H]1[C@]2(C)CNC[C@]12c1ccc(Cl)c(Cl)c1. The molecule has 19 heavy (non-hydrogen) atoms. The topological polar surface area (TPSA) is 21.3 Å². The lowest BCUT2D eigenvalue weighted by molar-refractivity contribution is 0.182. The predicted molar refractivity (Wildman–Crippen MR) is 79.1 cm³/mol. The van der Waals surface area contributed by atoms with Gasteiger partial charge >= 0.3 is 0 Å². The molecule has 2 fully saturated rings. The zero-order chi connectivity index (χ0) is 13.7. The van der Waals surface area contributed by atoms with Crippen molar-refractivity contribution in [3.63, 3.8) is 0 Å². The molecule has 1 aromatic carbocycles. The summed E-state index contributed by atoms with van der Waals surface area (Å²) in [6.07, 6.45) is 1.11. The number of nitrogens with one attached hydrogen (secondary N) is 1. The molecule has 1 aliphatic heterocycles. The third-order valence-corrected chi connectivity index (χ3v) is 5.98. The van der Waals surface area contributed by atoms with Crippen LogP contribution >= 0.6 is 23.2 Å². The Hall–Kier alpha value is -0.280. The van der Waals surface area contributed by atoms with Crippen LogP contribution in [-0.2, 0) is 10.2 Å². The van der Waals surface area contributed by atoms with E-state index < -0.39 is 0 Å². The molecular weight excluding hydrogens is 281 g/mol. The average Bonchev–Trinajstić information content (AvgIpc) is 2.70. The van der Waals surface area contributed by atoms with Crippen molar-refractivity contribution < 1.29 is 4.74 Å². The summed E-state index contributed by atoms with van der Waals surface area (Å²) in [5.41, 5.74) is 1.85. The van der Waals surface area contributed by atoms with Crippen molar-refractivity contribution in [2.75, 3.05) is 26.8 Å². The number of halogens is 2. The minimum Gasteiger partial charge on any atom is -0.385 e. The molecular formula is C15H19Cl2NO. The molecule has 1 N–H and O–H groups in total. The van der Waals surface area contributed by atoms with Crippen LogP contribution < -0.4 is 5.32 Å². The van der Waals surface area contributed by atoms with Crippen molar-refractivity contribution in [3.05, 3.63) is 33.8 Å². The normalized spacial score (nSPS) is 36.3. The van der Waals surface area contributed by atoms with Gasteiger partial charge in [0, 0.05) is 32.2 Å². The summed E-state index contributed by atoms with van der Waals surface area (Å²) in [7, 11) is 1.77. The molecule has 1 aliphatic carbocycles. The minimum absolute atomic E-state index is 0.208. The molecule has 0 amide bonds. The van der Waals surface area contributed by atoms with Crippen LogP contribution in [0.25, 0.3) is 0 Å². The van der Waals surface area contributed by atoms with Gasteiger partial charge in [0.1, 0.15) is 0 Å². The molecule has 3 atom stereocenters. The fourth-order valence-electron chi connectivity index (χ4n) is 4.20. The van der Waals surface area contributed by atoms with Gasteiger partial charge in [-0.3, -0.25) is 0 Å². The van der Waals surface area contributed by atoms with E-state index >= 15 is 0 Å². The van der Waals surface area contributed by atoms with Gasteiger partial charge in [-0.25, -0.2) is 0 Å². The number of fused-ring (bicyclic) bond motifs is 1. The predicted octanol–water partition coefficient (Wildman–Crippen LogP) is 3.51. The molecule has 3 rings (SSSR count). The molecule has 2 aliphatic rings. The van der Waals surface area contributed by atoms with E-state index in [0.717, 1.165) is 26.1 Å². The maximum atomic E-state index is 6.19. The van der Waals surface area contributed by atoms with Crippen LogP contribution in [0.2, 0.25) is 10.0 Å². The third-order valence-electron chi connectivity index (χ3n) is 5.24. The summed E-state index contributed by atoms with van der Waals surface area (Å²) in [5, 5.41) is 4.81. The van der Waals surface area contributed by atoms with Crippen LogP contribution in [0.15, 0.2) is 18.2 Å². The van der Waals surface area contributed by atoms with Crippen molar-refractivity contribution >= 4 is 23.2 Å². The molecule has 1 heterocycles. The van der Waals surface area contributed by atoms with Crippen molar-refractivity contribution in [1.29, 1.82) is 0 Å². The highest BCUT2D eigenvalue weighted by atomic mass is 35.5. The van der Waals surface area contributed by atoms with Crippen LogP contribution in [0.1, 0.15) is 18.9 Å². The molecule has 0 aromatic heterocycles. The third kappa shape index (κ3) is 1.77. The number of benzene rings is 1. The van der Waals surface area contributed by atoms with Gasteiger partial charge in [0.25, 0.3) is 0 Å². The van der Waals surface area contributed by atoms with Crippen molar-refractivity contribution in [3.8, 4) is 0 Å². The van der Waals surface area contributed by atoms with E-state index in [2.05, 4.69) is 18.3 Å². The Bertz CT molecular complexity index is 507. The smallest absolute Gasteiger partial charge is 0.0595 e. The second-order valence-electron chi connectivity index (χ2n) is 5.96. The van der Waals surface area contributed by atoms with Crippen LogP contribution in [0.5, 0.6) is 0 Å². The standard InChI is InChI=1S/C15H19Cl2NO/c1-14-8-18-9-15(14,13(14)5-6-19-2)10-3-4-11(16)12(17)7-10/h3-4,7,13,18H,5-6,8-9H2,1-2H3/t13-,14-,15-/m0/s1.